The summed E-state index contributed by atoms with van der Waals surface area (Å²) in [5.41, 5.74) is 2.71. The molecule has 1 aliphatic heterocycles. The predicted octanol–water partition coefficient (Wildman–Crippen LogP) is 5.03. The zero-order valence-electron chi connectivity index (χ0n) is 14.5. The molecule has 0 spiro atoms. The van der Waals surface area contributed by atoms with Crippen molar-refractivity contribution in [3.8, 4) is 0 Å². The molecule has 0 saturated carbocycles. The minimum atomic E-state index is -0.0108. The second kappa shape index (κ2) is 7.35. The summed E-state index contributed by atoms with van der Waals surface area (Å²) in [6.45, 7) is 3.20. The Morgan fingerprint density at radius 3 is 3.00 bits per heavy atom. The maximum atomic E-state index is 12.6. The number of nitrogens with one attached hydrogen (secondary N) is 1. The molecule has 1 atom stereocenters. The van der Waals surface area contributed by atoms with E-state index in [4.69, 9.17) is 16.6 Å². The number of nitrogens with zero attached hydrogens (tertiary/aromatic N) is 2. The van der Waals surface area contributed by atoms with Gasteiger partial charge in [0.25, 0.3) is 0 Å². The van der Waals surface area contributed by atoms with Crippen LogP contribution in [0.4, 0.5) is 5.69 Å². The topological polar surface area (TPSA) is 45.2 Å². The van der Waals surface area contributed by atoms with Crippen molar-refractivity contribution in [1.82, 2.24) is 9.88 Å². The predicted molar refractivity (Wildman–Crippen MR) is 108 cm³/mol. The summed E-state index contributed by atoms with van der Waals surface area (Å²) in [4.78, 5) is 19.6. The highest BCUT2D eigenvalue weighted by Crippen LogP contribution is 2.36. The van der Waals surface area contributed by atoms with Crippen molar-refractivity contribution < 1.29 is 4.79 Å². The number of hydrogen-bond acceptors (Lipinski definition) is 4. The third-order valence-electron chi connectivity index (χ3n) is 4.85. The van der Waals surface area contributed by atoms with Crippen LogP contribution in [-0.2, 0) is 4.79 Å². The molecular formula is C20H20ClN3OS. The van der Waals surface area contributed by atoms with Gasteiger partial charge >= 0.3 is 0 Å². The van der Waals surface area contributed by atoms with Crippen molar-refractivity contribution in [2.75, 3.05) is 18.4 Å². The van der Waals surface area contributed by atoms with Crippen LogP contribution in [0.1, 0.15) is 29.5 Å². The van der Waals surface area contributed by atoms with Crippen LogP contribution in [0.2, 0.25) is 5.02 Å². The Morgan fingerprint density at radius 2 is 2.15 bits per heavy atom. The fourth-order valence-electron chi connectivity index (χ4n) is 3.44. The highest BCUT2D eigenvalue weighted by molar-refractivity contribution is 7.18. The Balaban J connectivity index is 1.48. The first-order chi connectivity index (χ1) is 12.6. The van der Waals surface area contributed by atoms with Crippen molar-refractivity contribution in [3.63, 3.8) is 0 Å². The zero-order chi connectivity index (χ0) is 18.1. The summed E-state index contributed by atoms with van der Waals surface area (Å²) in [6.07, 6.45) is 2.13. The summed E-state index contributed by atoms with van der Waals surface area (Å²) in [7, 11) is 0. The summed E-state index contributed by atoms with van der Waals surface area (Å²) >= 11 is 7.87. The smallest absolute Gasteiger partial charge is 0.238 e. The molecule has 1 N–H and O–H groups in total. The first-order valence-corrected chi connectivity index (χ1v) is 9.96. The Labute approximate surface area is 161 Å². The minimum absolute atomic E-state index is 0.0108. The van der Waals surface area contributed by atoms with Crippen molar-refractivity contribution in [3.05, 3.63) is 58.1 Å². The van der Waals surface area contributed by atoms with Crippen LogP contribution in [0.25, 0.3) is 10.2 Å². The van der Waals surface area contributed by atoms with Gasteiger partial charge in [0, 0.05) is 10.7 Å². The van der Waals surface area contributed by atoms with Gasteiger partial charge in [0.2, 0.25) is 5.91 Å². The van der Waals surface area contributed by atoms with E-state index in [0.717, 1.165) is 41.2 Å². The number of aromatic nitrogens is 1. The fourth-order valence-corrected chi connectivity index (χ4v) is 4.76. The number of carbonyl (C=O) groups excluding carboxylic acids is 1. The average Bonchev–Trinajstić information content (AvgIpc) is 3.25. The first-order valence-electron chi connectivity index (χ1n) is 8.76. The first kappa shape index (κ1) is 17.5. The molecule has 1 saturated heterocycles. The van der Waals surface area contributed by atoms with E-state index in [0.29, 0.717) is 11.6 Å². The Bertz CT molecular complexity index is 922. The molecule has 1 aliphatic rings. The standard InChI is InChI=1S/C20H20ClN3OS/c1-13-14(21)6-4-8-15(13)22-19(25)12-24-11-5-9-17(24)20-23-16-7-2-3-10-18(16)26-20/h2-4,6-8,10,17H,5,9,11-12H2,1H3,(H,22,25). The quantitative estimate of drug-likeness (QED) is 0.684. The second-order valence-electron chi connectivity index (χ2n) is 6.61. The molecule has 1 aromatic heterocycles. The van der Waals surface area contributed by atoms with Crippen LogP contribution in [0.3, 0.4) is 0 Å². The molecule has 0 radical (unpaired) electrons. The van der Waals surface area contributed by atoms with Crippen LogP contribution in [0, 0.1) is 6.92 Å². The molecular weight excluding hydrogens is 366 g/mol. The number of hydrogen-bond donors (Lipinski definition) is 1. The number of para-hydroxylation sites is 1. The van der Waals surface area contributed by atoms with Gasteiger partial charge in [-0.25, -0.2) is 4.98 Å². The normalized spacial score (nSPS) is 17.7. The number of rotatable bonds is 4. The SMILES string of the molecule is Cc1c(Cl)cccc1NC(=O)CN1CCCC1c1nc2ccccc2s1. The molecule has 4 rings (SSSR count). The molecule has 2 heterocycles. The third-order valence-corrected chi connectivity index (χ3v) is 6.39. The third kappa shape index (κ3) is 3.47. The molecule has 2 aromatic carbocycles. The molecule has 6 heteroatoms. The maximum absolute atomic E-state index is 12.6. The molecule has 4 nitrogen and oxygen atoms in total. The largest absolute Gasteiger partial charge is 0.325 e. The van der Waals surface area contributed by atoms with Gasteiger partial charge in [-0.1, -0.05) is 29.8 Å². The molecule has 134 valence electrons. The van der Waals surface area contributed by atoms with E-state index in [-0.39, 0.29) is 11.9 Å². The number of fused-ring (bicyclic) bond motifs is 1. The molecule has 26 heavy (non-hydrogen) atoms. The Morgan fingerprint density at radius 1 is 1.31 bits per heavy atom. The van der Waals surface area contributed by atoms with Crippen molar-refractivity contribution >= 4 is 44.7 Å². The van der Waals surface area contributed by atoms with E-state index in [9.17, 15) is 4.79 Å². The van der Waals surface area contributed by atoms with Crippen LogP contribution >= 0.6 is 22.9 Å². The van der Waals surface area contributed by atoms with Gasteiger partial charge in [-0.15, -0.1) is 11.3 Å². The van der Waals surface area contributed by atoms with Gasteiger partial charge in [-0.05, 0) is 56.1 Å². The number of carbonyl (C=O) groups is 1. The summed E-state index contributed by atoms with van der Waals surface area (Å²) in [5.74, 6) is -0.0108. The second-order valence-corrected chi connectivity index (χ2v) is 8.08. The lowest BCUT2D eigenvalue weighted by Gasteiger charge is -2.22. The molecule has 3 aromatic rings. The van der Waals surface area contributed by atoms with Crippen LogP contribution < -0.4 is 5.32 Å². The van der Waals surface area contributed by atoms with E-state index in [2.05, 4.69) is 16.3 Å². The van der Waals surface area contributed by atoms with Crippen LogP contribution in [-0.4, -0.2) is 28.9 Å². The molecule has 1 unspecified atom stereocenters. The number of anilines is 1. The van der Waals surface area contributed by atoms with Gasteiger partial charge in [-0.2, -0.15) is 0 Å². The number of benzene rings is 2. The van der Waals surface area contributed by atoms with Crippen molar-refractivity contribution in [2.45, 2.75) is 25.8 Å². The van der Waals surface area contributed by atoms with Gasteiger partial charge in [0.15, 0.2) is 0 Å². The maximum Gasteiger partial charge on any atom is 0.238 e. The molecule has 0 aliphatic carbocycles. The lowest BCUT2D eigenvalue weighted by molar-refractivity contribution is -0.117. The van der Waals surface area contributed by atoms with E-state index in [1.807, 2.05) is 43.3 Å². The molecule has 1 fully saturated rings. The Hall–Kier alpha value is -1.95. The van der Waals surface area contributed by atoms with E-state index in [1.54, 1.807) is 11.3 Å². The number of halogens is 1. The monoisotopic (exact) mass is 385 g/mol. The van der Waals surface area contributed by atoms with Crippen molar-refractivity contribution in [1.29, 1.82) is 0 Å². The fraction of sp³-hybridized carbons (Fsp3) is 0.300. The number of thiazole rings is 1. The van der Waals surface area contributed by atoms with Crippen molar-refractivity contribution in [2.24, 2.45) is 0 Å². The average molecular weight is 386 g/mol. The van der Waals surface area contributed by atoms with Crippen LogP contribution in [0.5, 0.6) is 0 Å². The lowest BCUT2D eigenvalue weighted by Crippen LogP contribution is -2.33. The summed E-state index contributed by atoms with van der Waals surface area (Å²) < 4.78 is 1.20. The Kier molecular flexibility index (Phi) is 4.94. The lowest BCUT2D eigenvalue weighted by atomic mass is 10.2. The highest BCUT2D eigenvalue weighted by Gasteiger charge is 2.30. The minimum Gasteiger partial charge on any atom is -0.325 e. The number of likely N-dealkylation sites (tertiary alicyclic amines) is 1. The highest BCUT2D eigenvalue weighted by atomic mass is 35.5. The van der Waals surface area contributed by atoms with Gasteiger partial charge in [0.1, 0.15) is 5.01 Å². The molecule has 1 amide bonds. The van der Waals surface area contributed by atoms with Gasteiger partial charge in [-0.3, -0.25) is 9.69 Å². The zero-order valence-corrected chi connectivity index (χ0v) is 16.1. The summed E-state index contributed by atoms with van der Waals surface area (Å²) in [5, 5.41) is 4.76. The summed E-state index contributed by atoms with van der Waals surface area (Å²) in [6, 6.07) is 14.0. The van der Waals surface area contributed by atoms with Crippen LogP contribution in [0.15, 0.2) is 42.5 Å². The van der Waals surface area contributed by atoms with E-state index in [1.165, 1.54) is 4.70 Å². The van der Waals surface area contributed by atoms with Gasteiger partial charge in [0.05, 0.1) is 22.8 Å². The molecule has 0 bridgehead atoms. The number of amides is 1. The van der Waals surface area contributed by atoms with E-state index < -0.39 is 0 Å². The van der Waals surface area contributed by atoms with Gasteiger partial charge < -0.3 is 5.32 Å². The van der Waals surface area contributed by atoms with E-state index >= 15 is 0 Å².